The predicted molar refractivity (Wildman–Crippen MR) is 70.9 cm³/mol. The van der Waals surface area contributed by atoms with E-state index in [4.69, 9.17) is 0 Å². The van der Waals surface area contributed by atoms with E-state index in [9.17, 15) is 5.11 Å². The monoisotopic (exact) mass is 235 g/mol. The zero-order valence-electron chi connectivity index (χ0n) is 9.44. The number of aliphatic hydroxyl groups excluding tert-OH is 1. The Hall–Kier alpha value is -0.930. The Kier molecular flexibility index (Phi) is 3.91. The number of aromatic amines is 1. The third kappa shape index (κ3) is 2.42. The first-order valence-electron chi connectivity index (χ1n) is 5.56. The summed E-state index contributed by atoms with van der Waals surface area (Å²) in [6.45, 7) is 0. The van der Waals surface area contributed by atoms with E-state index in [-0.39, 0.29) is 6.10 Å². The molecule has 1 heterocycles. The van der Waals surface area contributed by atoms with Gasteiger partial charge in [-0.05, 0) is 42.5 Å². The average molecular weight is 235 g/mol. The Labute approximate surface area is 100 Å². The molecule has 2 aromatic rings. The smallest absolute Gasteiger partial charge is 0.0796 e. The molecule has 0 spiro atoms. The van der Waals surface area contributed by atoms with Gasteiger partial charge in [0.1, 0.15) is 0 Å². The summed E-state index contributed by atoms with van der Waals surface area (Å²) < 4.78 is 0. The fourth-order valence-corrected chi connectivity index (χ4v) is 2.43. The van der Waals surface area contributed by atoms with Gasteiger partial charge >= 0.3 is 0 Å². The van der Waals surface area contributed by atoms with Crippen molar-refractivity contribution in [2.75, 3.05) is 12.0 Å². The topological polar surface area (TPSA) is 36.0 Å². The van der Waals surface area contributed by atoms with Gasteiger partial charge in [-0.25, -0.2) is 0 Å². The highest BCUT2D eigenvalue weighted by Crippen LogP contribution is 2.26. The Morgan fingerprint density at radius 1 is 1.38 bits per heavy atom. The number of benzene rings is 1. The van der Waals surface area contributed by atoms with E-state index in [0.29, 0.717) is 0 Å². The Morgan fingerprint density at radius 3 is 3.06 bits per heavy atom. The quantitative estimate of drug-likeness (QED) is 0.780. The fraction of sp³-hybridized carbons (Fsp3) is 0.385. The van der Waals surface area contributed by atoms with Crippen molar-refractivity contribution in [1.82, 2.24) is 4.98 Å². The van der Waals surface area contributed by atoms with E-state index in [2.05, 4.69) is 11.2 Å². The summed E-state index contributed by atoms with van der Waals surface area (Å²) in [4.78, 5) is 3.17. The van der Waals surface area contributed by atoms with Crippen LogP contribution in [0.3, 0.4) is 0 Å². The number of hydrogen-bond acceptors (Lipinski definition) is 2. The standard InChI is InChI=1S/C13H17NOS/c1-16-9-3-6-13(15)11-4-2-5-12-10(11)7-8-14-12/h2,4-5,7-8,13-15H,3,6,9H2,1H3. The van der Waals surface area contributed by atoms with Crippen LogP contribution in [0.1, 0.15) is 24.5 Å². The van der Waals surface area contributed by atoms with Crippen molar-refractivity contribution in [1.29, 1.82) is 0 Å². The maximum absolute atomic E-state index is 10.1. The lowest BCUT2D eigenvalue weighted by atomic mass is 10.0. The minimum Gasteiger partial charge on any atom is -0.388 e. The van der Waals surface area contributed by atoms with Crippen LogP contribution in [-0.4, -0.2) is 22.1 Å². The number of fused-ring (bicyclic) bond motifs is 1. The second-order valence-electron chi connectivity index (χ2n) is 3.94. The van der Waals surface area contributed by atoms with Crippen LogP contribution in [0, 0.1) is 0 Å². The summed E-state index contributed by atoms with van der Waals surface area (Å²) in [6.07, 6.45) is 5.57. The van der Waals surface area contributed by atoms with Crippen LogP contribution in [0.4, 0.5) is 0 Å². The minimum atomic E-state index is -0.341. The molecule has 3 heteroatoms. The molecule has 16 heavy (non-hydrogen) atoms. The van der Waals surface area contributed by atoms with E-state index >= 15 is 0 Å². The molecule has 1 atom stereocenters. The highest BCUT2D eigenvalue weighted by atomic mass is 32.2. The first kappa shape index (κ1) is 11.6. The summed E-state index contributed by atoms with van der Waals surface area (Å²) in [7, 11) is 0. The molecule has 2 rings (SSSR count). The zero-order chi connectivity index (χ0) is 11.4. The third-order valence-electron chi connectivity index (χ3n) is 2.81. The van der Waals surface area contributed by atoms with E-state index < -0.39 is 0 Å². The van der Waals surface area contributed by atoms with Crippen LogP contribution in [-0.2, 0) is 0 Å². The number of rotatable bonds is 5. The average Bonchev–Trinajstić information content (AvgIpc) is 2.76. The van der Waals surface area contributed by atoms with Crippen LogP contribution in [0.5, 0.6) is 0 Å². The molecule has 1 aromatic carbocycles. The molecule has 0 aliphatic heterocycles. The van der Waals surface area contributed by atoms with Gasteiger partial charge in [-0.3, -0.25) is 0 Å². The highest BCUT2D eigenvalue weighted by Gasteiger charge is 2.10. The molecule has 86 valence electrons. The van der Waals surface area contributed by atoms with Crippen molar-refractivity contribution in [2.24, 2.45) is 0 Å². The first-order chi connectivity index (χ1) is 7.83. The molecular formula is C13H17NOS. The van der Waals surface area contributed by atoms with Crippen LogP contribution >= 0.6 is 11.8 Å². The van der Waals surface area contributed by atoms with Gasteiger partial charge in [-0.2, -0.15) is 11.8 Å². The normalized spacial score (nSPS) is 13.1. The number of nitrogens with one attached hydrogen (secondary N) is 1. The molecule has 0 amide bonds. The lowest BCUT2D eigenvalue weighted by molar-refractivity contribution is 0.168. The second-order valence-corrected chi connectivity index (χ2v) is 4.92. The maximum Gasteiger partial charge on any atom is 0.0796 e. The minimum absolute atomic E-state index is 0.341. The molecule has 0 saturated heterocycles. The van der Waals surface area contributed by atoms with Gasteiger partial charge in [0.25, 0.3) is 0 Å². The first-order valence-corrected chi connectivity index (χ1v) is 6.95. The molecule has 0 saturated carbocycles. The third-order valence-corrected chi connectivity index (χ3v) is 3.51. The number of aliphatic hydroxyl groups is 1. The fourth-order valence-electron chi connectivity index (χ4n) is 1.98. The predicted octanol–water partition coefficient (Wildman–Crippen LogP) is 3.34. The summed E-state index contributed by atoms with van der Waals surface area (Å²) in [5, 5.41) is 11.3. The second kappa shape index (κ2) is 5.41. The lowest BCUT2D eigenvalue weighted by Gasteiger charge is -2.11. The van der Waals surface area contributed by atoms with Crippen molar-refractivity contribution in [3.05, 3.63) is 36.0 Å². The van der Waals surface area contributed by atoms with Crippen LogP contribution in [0.25, 0.3) is 10.9 Å². The van der Waals surface area contributed by atoms with Gasteiger partial charge < -0.3 is 10.1 Å². The van der Waals surface area contributed by atoms with Crippen LogP contribution in [0.2, 0.25) is 0 Å². The van der Waals surface area contributed by atoms with E-state index in [1.807, 2.05) is 42.2 Å². The van der Waals surface area contributed by atoms with Gasteiger partial charge in [0.15, 0.2) is 0 Å². The van der Waals surface area contributed by atoms with Gasteiger partial charge in [-0.1, -0.05) is 12.1 Å². The van der Waals surface area contributed by atoms with E-state index in [0.717, 1.165) is 35.1 Å². The SMILES string of the molecule is CSCCCC(O)c1cccc2[nH]ccc12. The summed E-state index contributed by atoms with van der Waals surface area (Å²) >= 11 is 1.83. The van der Waals surface area contributed by atoms with Crippen LogP contribution < -0.4 is 0 Å². The van der Waals surface area contributed by atoms with E-state index in [1.54, 1.807) is 0 Å². The van der Waals surface area contributed by atoms with Crippen molar-refractivity contribution >= 4 is 22.7 Å². The summed E-state index contributed by atoms with van der Waals surface area (Å²) in [6, 6.07) is 8.07. The van der Waals surface area contributed by atoms with Gasteiger partial charge in [-0.15, -0.1) is 0 Å². The zero-order valence-corrected chi connectivity index (χ0v) is 10.3. The Balaban J connectivity index is 2.15. The number of H-pyrrole nitrogens is 1. The molecular weight excluding hydrogens is 218 g/mol. The molecule has 1 unspecified atom stereocenters. The van der Waals surface area contributed by atoms with Crippen molar-refractivity contribution in [2.45, 2.75) is 18.9 Å². The molecule has 0 fully saturated rings. The van der Waals surface area contributed by atoms with Gasteiger partial charge in [0.2, 0.25) is 0 Å². The molecule has 2 nitrogen and oxygen atoms in total. The number of aromatic nitrogens is 1. The number of hydrogen-bond donors (Lipinski definition) is 2. The summed E-state index contributed by atoms with van der Waals surface area (Å²) in [5.74, 6) is 1.11. The molecule has 1 aromatic heterocycles. The molecule has 0 aliphatic rings. The van der Waals surface area contributed by atoms with Crippen LogP contribution in [0.15, 0.2) is 30.5 Å². The van der Waals surface area contributed by atoms with Crippen molar-refractivity contribution in [3.63, 3.8) is 0 Å². The Morgan fingerprint density at radius 2 is 2.25 bits per heavy atom. The lowest BCUT2D eigenvalue weighted by Crippen LogP contribution is -1.98. The van der Waals surface area contributed by atoms with Gasteiger partial charge in [0, 0.05) is 17.1 Å². The van der Waals surface area contributed by atoms with E-state index in [1.165, 1.54) is 0 Å². The number of thioether (sulfide) groups is 1. The van der Waals surface area contributed by atoms with Crippen molar-refractivity contribution < 1.29 is 5.11 Å². The largest absolute Gasteiger partial charge is 0.388 e. The molecule has 0 aliphatic carbocycles. The maximum atomic E-state index is 10.1. The molecule has 0 bridgehead atoms. The highest BCUT2D eigenvalue weighted by molar-refractivity contribution is 7.98. The molecule has 0 radical (unpaired) electrons. The van der Waals surface area contributed by atoms with Gasteiger partial charge in [0.05, 0.1) is 6.10 Å². The molecule has 2 N–H and O–H groups in total. The Bertz CT molecular complexity index is 452. The summed E-state index contributed by atoms with van der Waals surface area (Å²) in [5.41, 5.74) is 2.14. The van der Waals surface area contributed by atoms with Crippen molar-refractivity contribution in [3.8, 4) is 0 Å².